The maximum atomic E-state index is 15.4. The van der Waals surface area contributed by atoms with Gasteiger partial charge in [-0.1, -0.05) is 36.2 Å². The average molecular weight is 494 g/mol. The summed E-state index contributed by atoms with van der Waals surface area (Å²) in [5.41, 5.74) is 4.61. The van der Waals surface area contributed by atoms with Crippen LogP contribution in [0.1, 0.15) is 49.8 Å². The van der Waals surface area contributed by atoms with E-state index in [-0.39, 0.29) is 24.2 Å². The van der Waals surface area contributed by atoms with Crippen LogP contribution in [-0.2, 0) is 19.9 Å². The molecule has 0 radical (unpaired) electrons. The van der Waals surface area contributed by atoms with Gasteiger partial charge in [-0.25, -0.2) is 4.39 Å². The monoisotopic (exact) mass is 493 g/mol. The number of nitrogens with one attached hydrogen (secondary N) is 1. The van der Waals surface area contributed by atoms with E-state index in [1.165, 1.54) is 35.5 Å². The first-order chi connectivity index (χ1) is 17.3. The summed E-state index contributed by atoms with van der Waals surface area (Å²) in [6.07, 6.45) is 5.34. The summed E-state index contributed by atoms with van der Waals surface area (Å²) in [4.78, 5) is 45.2. The normalized spacial score (nSPS) is 15.3. The van der Waals surface area contributed by atoms with E-state index in [2.05, 4.69) is 15.5 Å². The molecule has 188 valence electrons. The van der Waals surface area contributed by atoms with Crippen molar-refractivity contribution >= 4 is 29.2 Å². The first kappa shape index (κ1) is 25.0. The fourth-order valence-corrected chi connectivity index (χ4v) is 5.07. The molecule has 0 saturated heterocycles. The quantitative estimate of drug-likeness (QED) is 0.466. The number of halogens is 1. The lowest BCUT2D eigenvalue weighted by molar-refractivity contribution is -0.131. The van der Waals surface area contributed by atoms with Gasteiger partial charge in [0.2, 0.25) is 17.7 Å². The van der Waals surface area contributed by atoms with Gasteiger partial charge in [0, 0.05) is 30.7 Å². The third kappa shape index (κ3) is 4.84. The van der Waals surface area contributed by atoms with Crippen molar-refractivity contribution in [2.75, 3.05) is 10.2 Å². The molecular formula is C26H28FN5O4. The largest absolute Gasteiger partial charge is 0.367 e. The Labute approximate surface area is 207 Å². The molecule has 4 rings (SSSR count). The zero-order chi connectivity index (χ0) is 25.7. The Morgan fingerprint density at radius 3 is 2.53 bits per heavy atom. The number of carbonyl (C=O) groups is 3. The van der Waals surface area contributed by atoms with Gasteiger partial charge >= 0.3 is 0 Å². The van der Waals surface area contributed by atoms with Crippen molar-refractivity contribution < 1.29 is 23.3 Å². The van der Waals surface area contributed by atoms with Gasteiger partial charge in [-0.3, -0.25) is 24.3 Å². The van der Waals surface area contributed by atoms with Crippen LogP contribution in [0, 0.1) is 18.7 Å². The summed E-state index contributed by atoms with van der Waals surface area (Å²) in [6, 6.07) is 10.7. The minimum atomic E-state index is -1.79. The molecule has 1 saturated carbocycles. The maximum absolute atomic E-state index is 15.4. The zero-order valence-corrected chi connectivity index (χ0v) is 19.9. The van der Waals surface area contributed by atoms with Crippen molar-refractivity contribution in [2.45, 2.75) is 51.0 Å². The van der Waals surface area contributed by atoms with Crippen LogP contribution in [0.25, 0.3) is 0 Å². The minimum absolute atomic E-state index is 0.0316. The minimum Gasteiger partial charge on any atom is -0.367 e. The van der Waals surface area contributed by atoms with Crippen LogP contribution in [0.3, 0.4) is 0 Å². The lowest BCUT2D eigenvalue weighted by atomic mass is 9.74. The van der Waals surface area contributed by atoms with Gasteiger partial charge in [0.25, 0.3) is 0 Å². The number of amides is 3. The zero-order valence-electron chi connectivity index (χ0n) is 19.9. The summed E-state index contributed by atoms with van der Waals surface area (Å²) in [5.74, 6) is -2.14. The number of nitrogens with two attached hydrogens (primary N) is 1. The van der Waals surface area contributed by atoms with E-state index in [0.29, 0.717) is 24.3 Å². The van der Waals surface area contributed by atoms with Gasteiger partial charge in [0.05, 0.1) is 11.9 Å². The van der Waals surface area contributed by atoms with Crippen LogP contribution in [0.5, 0.6) is 0 Å². The van der Waals surface area contributed by atoms with Crippen LogP contribution >= 0.6 is 0 Å². The Balaban J connectivity index is 1.75. The van der Waals surface area contributed by atoms with Gasteiger partial charge in [0.1, 0.15) is 11.6 Å². The molecule has 36 heavy (non-hydrogen) atoms. The topological polar surface area (TPSA) is 131 Å². The van der Waals surface area contributed by atoms with E-state index >= 15 is 4.39 Å². The van der Waals surface area contributed by atoms with Crippen molar-refractivity contribution in [3.63, 3.8) is 0 Å². The second-order valence-electron chi connectivity index (χ2n) is 8.90. The molecule has 3 amide bonds. The lowest BCUT2D eigenvalue weighted by Gasteiger charge is -2.46. The lowest BCUT2D eigenvalue weighted by Crippen LogP contribution is -2.62. The van der Waals surface area contributed by atoms with Crippen LogP contribution in [-0.4, -0.2) is 27.9 Å². The molecule has 3 aromatic rings. The van der Waals surface area contributed by atoms with E-state index in [1.54, 1.807) is 31.2 Å². The second-order valence-corrected chi connectivity index (χ2v) is 8.90. The summed E-state index contributed by atoms with van der Waals surface area (Å²) in [6.45, 7) is 1.69. The molecule has 1 aromatic carbocycles. The number of carbonyl (C=O) groups excluding carboxylic acids is 3. The number of aromatic nitrogens is 2. The maximum Gasteiger partial charge on any atom is 0.248 e. The number of nitrogens with zero attached hydrogens (tertiary/aromatic N) is 3. The van der Waals surface area contributed by atoms with Crippen LogP contribution in [0.2, 0.25) is 0 Å². The first-order valence-electron chi connectivity index (χ1n) is 11.8. The fraction of sp³-hybridized carbons (Fsp3) is 0.346. The number of primary amides is 1. The number of anilines is 2. The number of pyridine rings is 1. The van der Waals surface area contributed by atoms with Gasteiger partial charge in [-0.2, -0.15) is 0 Å². The molecule has 2 heterocycles. The molecule has 0 bridgehead atoms. The van der Waals surface area contributed by atoms with Gasteiger partial charge in [-0.05, 0) is 43.9 Å². The van der Waals surface area contributed by atoms with E-state index in [9.17, 15) is 14.4 Å². The molecule has 1 atom stereocenters. The Bertz CT molecular complexity index is 1240. The molecule has 9 nitrogen and oxygen atoms in total. The molecular weight excluding hydrogens is 465 g/mol. The van der Waals surface area contributed by atoms with Gasteiger partial charge in [0.15, 0.2) is 11.4 Å². The summed E-state index contributed by atoms with van der Waals surface area (Å²) in [7, 11) is 0. The standard InChI is InChI=1S/C26H28FN5O4/c1-17-15-22(31-36-17)30-23(33)12-13-24(34)32(19-9-6-14-29-16-19)26(25(28)35,18-7-2-3-8-18)20-10-4-5-11-21(20)27/h4-6,9-11,14-16,18H,2-3,7-8,12-13H2,1H3,(H2,28,35)(H,30,31,33). The highest BCUT2D eigenvalue weighted by molar-refractivity contribution is 6.05. The molecule has 1 aliphatic rings. The molecule has 0 spiro atoms. The Morgan fingerprint density at radius 1 is 1.17 bits per heavy atom. The van der Waals surface area contributed by atoms with E-state index in [4.69, 9.17) is 10.3 Å². The number of hydrogen-bond acceptors (Lipinski definition) is 6. The van der Waals surface area contributed by atoms with E-state index in [0.717, 1.165) is 12.8 Å². The summed E-state index contributed by atoms with van der Waals surface area (Å²) in [5, 5.41) is 6.29. The third-order valence-electron chi connectivity index (χ3n) is 6.57. The van der Waals surface area contributed by atoms with Crippen molar-refractivity contribution in [1.29, 1.82) is 0 Å². The second kappa shape index (κ2) is 10.7. The molecule has 1 unspecified atom stereocenters. The van der Waals surface area contributed by atoms with Gasteiger partial charge < -0.3 is 15.6 Å². The molecule has 1 fully saturated rings. The average Bonchev–Trinajstić information content (AvgIpc) is 3.54. The van der Waals surface area contributed by atoms with Crippen molar-refractivity contribution in [2.24, 2.45) is 11.7 Å². The van der Waals surface area contributed by atoms with Gasteiger partial charge in [-0.15, -0.1) is 0 Å². The van der Waals surface area contributed by atoms with Crippen LogP contribution in [0.15, 0.2) is 59.4 Å². The predicted molar refractivity (Wildman–Crippen MR) is 130 cm³/mol. The highest BCUT2D eigenvalue weighted by Gasteiger charge is 2.55. The fourth-order valence-electron chi connectivity index (χ4n) is 5.07. The number of hydrogen-bond donors (Lipinski definition) is 2. The highest BCUT2D eigenvalue weighted by atomic mass is 19.1. The molecule has 3 N–H and O–H groups in total. The smallest absolute Gasteiger partial charge is 0.248 e. The predicted octanol–water partition coefficient (Wildman–Crippen LogP) is 3.84. The summed E-state index contributed by atoms with van der Waals surface area (Å²) < 4.78 is 20.3. The highest BCUT2D eigenvalue weighted by Crippen LogP contribution is 2.47. The third-order valence-corrected chi connectivity index (χ3v) is 6.57. The summed E-state index contributed by atoms with van der Waals surface area (Å²) >= 11 is 0. The van der Waals surface area contributed by atoms with Crippen molar-refractivity contribution in [3.8, 4) is 0 Å². The number of benzene rings is 1. The number of aryl methyl sites for hydroxylation is 1. The molecule has 1 aliphatic carbocycles. The van der Waals surface area contributed by atoms with Crippen LogP contribution in [0.4, 0.5) is 15.9 Å². The SMILES string of the molecule is Cc1cc(NC(=O)CCC(=O)N(c2cccnc2)C(C(N)=O)(c2ccccc2F)C2CCCC2)no1. The van der Waals surface area contributed by atoms with Crippen molar-refractivity contribution in [1.82, 2.24) is 10.1 Å². The number of rotatable bonds is 9. The Hall–Kier alpha value is -4.08. The Kier molecular flexibility index (Phi) is 7.42. The first-order valence-corrected chi connectivity index (χ1v) is 11.8. The van der Waals surface area contributed by atoms with E-state index in [1.807, 2.05) is 0 Å². The molecule has 0 aliphatic heterocycles. The van der Waals surface area contributed by atoms with Crippen molar-refractivity contribution in [3.05, 3.63) is 72.0 Å². The van der Waals surface area contributed by atoms with E-state index < -0.39 is 35.0 Å². The van der Waals surface area contributed by atoms with Crippen LogP contribution < -0.4 is 16.0 Å². The molecule has 10 heteroatoms. The Morgan fingerprint density at radius 2 is 1.92 bits per heavy atom. The molecule has 2 aromatic heterocycles.